The number of likely N-dealkylation sites (tertiary alicyclic amines) is 1. The Labute approximate surface area is 165 Å². The van der Waals surface area contributed by atoms with Gasteiger partial charge in [-0.2, -0.15) is 0 Å². The van der Waals surface area contributed by atoms with E-state index >= 15 is 0 Å². The minimum absolute atomic E-state index is 0.257. The van der Waals surface area contributed by atoms with Gasteiger partial charge in [0.15, 0.2) is 9.84 Å². The van der Waals surface area contributed by atoms with Crippen molar-refractivity contribution in [2.24, 2.45) is 5.41 Å². The molecule has 7 heteroatoms. The normalized spacial score (nSPS) is 23.4. The number of aliphatic hydroxyl groups excluding tert-OH is 1. The molecule has 2 aromatic carbocycles. The first-order valence-electron chi connectivity index (χ1n) is 9.17. The van der Waals surface area contributed by atoms with Crippen LogP contribution in [0.3, 0.4) is 0 Å². The number of nitrogens with zero attached hydrogens (tertiary/aromatic N) is 1. The lowest BCUT2D eigenvalue weighted by molar-refractivity contribution is -0.163. The third-order valence-electron chi connectivity index (χ3n) is 5.49. The van der Waals surface area contributed by atoms with E-state index in [-0.39, 0.29) is 11.4 Å². The van der Waals surface area contributed by atoms with Gasteiger partial charge in [-0.15, -0.1) is 0 Å². The molecule has 0 saturated carbocycles. The van der Waals surface area contributed by atoms with E-state index in [1.54, 1.807) is 24.3 Å². The largest absolute Gasteiger partial charge is 0.481 e. The summed E-state index contributed by atoms with van der Waals surface area (Å²) in [6.45, 7) is 1.33. The molecule has 0 amide bonds. The zero-order valence-corrected chi connectivity index (χ0v) is 16.6. The van der Waals surface area contributed by atoms with Crippen molar-refractivity contribution in [2.45, 2.75) is 30.4 Å². The monoisotopic (exact) mass is 403 g/mol. The molecular formula is C21H25NO5S. The van der Waals surface area contributed by atoms with Gasteiger partial charge in [0.2, 0.25) is 0 Å². The molecule has 150 valence electrons. The van der Waals surface area contributed by atoms with Gasteiger partial charge >= 0.3 is 5.97 Å². The third kappa shape index (κ3) is 4.43. The van der Waals surface area contributed by atoms with Crippen LogP contribution >= 0.6 is 0 Å². The molecular weight excluding hydrogens is 378 g/mol. The Hall–Kier alpha value is -2.22. The first-order chi connectivity index (χ1) is 13.2. The van der Waals surface area contributed by atoms with E-state index in [4.69, 9.17) is 0 Å². The number of piperidine rings is 1. The molecule has 2 N–H and O–H groups in total. The highest BCUT2D eigenvalue weighted by molar-refractivity contribution is 7.90. The molecule has 2 atom stereocenters. The van der Waals surface area contributed by atoms with Crippen LogP contribution in [0.2, 0.25) is 0 Å². The van der Waals surface area contributed by atoms with Crippen molar-refractivity contribution in [1.29, 1.82) is 0 Å². The lowest BCUT2D eigenvalue weighted by Gasteiger charge is -2.43. The van der Waals surface area contributed by atoms with Gasteiger partial charge in [0.05, 0.1) is 11.0 Å². The van der Waals surface area contributed by atoms with E-state index < -0.39 is 27.3 Å². The molecule has 0 aromatic heterocycles. The fourth-order valence-corrected chi connectivity index (χ4v) is 4.40. The van der Waals surface area contributed by atoms with Gasteiger partial charge in [-0.25, -0.2) is 8.42 Å². The third-order valence-corrected chi connectivity index (χ3v) is 6.62. The van der Waals surface area contributed by atoms with E-state index in [2.05, 4.69) is 0 Å². The van der Waals surface area contributed by atoms with E-state index in [9.17, 15) is 23.4 Å². The number of benzene rings is 2. The summed E-state index contributed by atoms with van der Waals surface area (Å²) in [5, 5.41) is 20.6. The second-order valence-electron chi connectivity index (χ2n) is 7.54. The predicted molar refractivity (Wildman–Crippen MR) is 106 cm³/mol. The Balaban J connectivity index is 1.70. The lowest BCUT2D eigenvalue weighted by Crippen LogP contribution is -2.55. The van der Waals surface area contributed by atoms with Gasteiger partial charge in [0, 0.05) is 19.3 Å². The molecule has 3 rings (SSSR count). The first-order valence-corrected chi connectivity index (χ1v) is 11.1. The number of aliphatic hydroxyl groups is 1. The van der Waals surface area contributed by atoms with Crippen LogP contribution in [0.5, 0.6) is 0 Å². The SMILES string of the molecule is CS(=O)(=O)c1ccc(CN2CC[C@](Cc3ccccc3)(C(=O)O)[C@@H](O)C2)cc1. The zero-order chi connectivity index (χ0) is 20.4. The van der Waals surface area contributed by atoms with Crippen LogP contribution in [0.25, 0.3) is 0 Å². The number of sulfone groups is 1. The highest BCUT2D eigenvalue weighted by Crippen LogP contribution is 2.36. The van der Waals surface area contributed by atoms with Crippen LogP contribution in [0, 0.1) is 5.41 Å². The molecule has 6 nitrogen and oxygen atoms in total. The van der Waals surface area contributed by atoms with Crippen LogP contribution in [0.4, 0.5) is 0 Å². The standard InChI is InChI=1S/C21H25NO5S/c1-28(26,27)18-9-7-17(8-10-18)14-22-12-11-21(20(24)25,19(23)15-22)13-16-5-3-2-4-6-16/h2-10,19,23H,11-15H2,1H3,(H,24,25)/t19-,21+/m0/s1. The van der Waals surface area contributed by atoms with Gasteiger partial charge in [0.1, 0.15) is 5.41 Å². The maximum atomic E-state index is 12.1. The smallest absolute Gasteiger partial charge is 0.312 e. The van der Waals surface area contributed by atoms with E-state index in [1.165, 1.54) is 6.26 Å². The van der Waals surface area contributed by atoms with Crippen LogP contribution < -0.4 is 0 Å². The van der Waals surface area contributed by atoms with Crippen LogP contribution in [-0.4, -0.2) is 54.9 Å². The van der Waals surface area contributed by atoms with Gasteiger partial charge in [-0.1, -0.05) is 42.5 Å². The Morgan fingerprint density at radius 1 is 1.11 bits per heavy atom. The number of carboxylic acids is 1. The van der Waals surface area contributed by atoms with Crippen LogP contribution in [0.1, 0.15) is 17.5 Å². The summed E-state index contributed by atoms with van der Waals surface area (Å²) in [6.07, 6.45) is 0.816. The van der Waals surface area contributed by atoms with E-state index in [0.717, 1.165) is 11.1 Å². The average molecular weight is 404 g/mol. The molecule has 1 heterocycles. The molecule has 0 aliphatic carbocycles. The molecule has 2 aromatic rings. The Kier molecular flexibility index (Phi) is 5.88. The topological polar surface area (TPSA) is 94.9 Å². The van der Waals surface area contributed by atoms with Gasteiger partial charge < -0.3 is 10.2 Å². The average Bonchev–Trinajstić information content (AvgIpc) is 2.64. The molecule has 1 aliphatic rings. The number of carboxylic acid groups (broad SMARTS) is 1. The molecule has 0 spiro atoms. The Bertz CT molecular complexity index is 927. The first kappa shape index (κ1) is 20.5. The van der Waals surface area contributed by atoms with Crippen LogP contribution in [-0.2, 0) is 27.6 Å². The van der Waals surface area contributed by atoms with Crippen molar-refractivity contribution in [3.63, 3.8) is 0 Å². The molecule has 0 bridgehead atoms. The highest BCUT2D eigenvalue weighted by Gasteiger charge is 2.48. The molecule has 28 heavy (non-hydrogen) atoms. The van der Waals surface area contributed by atoms with Crippen molar-refractivity contribution in [2.75, 3.05) is 19.3 Å². The quantitative estimate of drug-likeness (QED) is 0.766. The fraction of sp³-hybridized carbons (Fsp3) is 0.381. The Morgan fingerprint density at radius 3 is 2.29 bits per heavy atom. The van der Waals surface area contributed by atoms with Crippen molar-refractivity contribution >= 4 is 15.8 Å². The number of carbonyl (C=O) groups is 1. The Morgan fingerprint density at radius 2 is 1.75 bits per heavy atom. The molecule has 0 radical (unpaired) electrons. The summed E-state index contributed by atoms with van der Waals surface area (Å²) in [4.78, 5) is 14.3. The predicted octanol–water partition coefficient (Wildman–Crippen LogP) is 1.97. The maximum absolute atomic E-state index is 12.1. The molecule has 1 saturated heterocycles. The zero-order valence-electron chi connectivity index (χ0n) is 15.8. The number of β-amino-alcohol motifs (C(OH)–C–C–N with tert-alkyl or cyclic N) is 1. The number of hydrogen-bond donors (Lipinski definition) is 2. The maximum Gasteiger partial charge on any atom is 0.312 e. The van der Waals surface area contributed by atoms with Crippen molar-refractivity contribution in [1.82, 2.24) is 4.90 Å². The highest BCUT2D eigenvalue weighted by atomic mass is 32.2. The summed E-state index contributed by atoms with van der Waals surface area (Å²) in [5.41, 5.74) is 0.622. The summed E-state index contributed by atoms with van der Waals surface area (Å²) >= 11 is 0. The summed E-state index contributed by atoms with van der Waals surface area (Å²) in [6, 6.07) is 16.0. The van der Waals surface area contributed by atoms with Crippen LogP contribution in [0.15, 0.2) is 59.5 Å². The molecule has 1 fully saturated rings. The van der Waals surface area contributed by atoms with Crippen molar-refractivity contribution in [3.05, 3.63) is 65.7 Å². The number of aliphatic carboxylic acids is 1. The van der Waals surface area contributed by atoms with Gasteiger partial charge in [0.25, 0.3) is 0 Å². The van der Waals surface area contributed by atoms with E-state index in [0.29, 0.717) is 25.9 Å². The molecule has 0 unspecified atom stereocenters. The van der Waals surface area contributed by atoms with Crippen molar-refractivity contribution in [3.8, 4) is 0 Å². The minimum Gasteiger partial charge on any atom is -0.481 e. The summed E-state index contributed by atoms with van der Waals surface area (Å²) in [7, 11) is -3.24. The number of hydrogen-bond acceptors (Lipinski definition) is 5. The van der Waals surface area contributed by atoms with E-state index in [1.807, 2.05) is 35.2 Å². The second kappa shape index (κ2) is 8.03. The van der Waals surface area contributed by atoms with Gasteiger partial charge in [-0.05, 0) is 42.6 Å². The summed E-state index contributed by atoms with van der Waals surface area (Å²) in [5.74, 6) is -0.971. The second-order valence-corrected chi connectivity index (χ2v) is 9.56. The fourth-order valence-electron chi connectivity index (χ4n) is 3.77. The molecule has 1 aliphatic heterocycles. The summed E-state index contributed by atoms with van der Waals surface area (Å²) < 4.78 is 23.1. The van der Waals surface area contributed by atoms with Crippen molar-refractivity contribution < 1.29 is 23.4 Å². The minimum atomic E-state index is -3.24. The number of rotatable bonds is 6. The van der Waals surface area contributed by atoms with Gasteiger partial charge in [-0.3, -0.25) is 9.69 Å². The lowest BCUT2D eigenvalue weighted by atomic mass is 9.71.